The van der Waals surface area contributed by atoms with Crippen molar-refractivity contribution in [1.82, 2.24) is 0 Å². The van der Waals surface area contributed by atoms with Gasteiger partial charge in [0.05, 0.1) is 6.61 Å². The Labute approximate surface area is 86.8 Å². The van der Waals surface area contributed by atoms with Crippen LogP contribution in [-0.4, -0.2) is 6.61 Å². The van der Waals surface area contributed by atoms with Crippen LogP contribution in [-0.2, 0) is 4.74 Å². The van der Waals surface area contributed by atoms with Gasteiger partial charge in [0.1, 0.15) is 5.76 Å². The van der Waals surface area contributed by atoms with E-state index in [2.05, 4.69) is 19.1 Å². The van der Waals surface area contributed by atoms with E-state index >= 15 is 0 Å². The van der Waals surface area contributed by atoms with E-state index in [9.17, 15) is 0 Å². The largest absolute Gasteiger partial charge is 0.493 e. The number of ether oxygens (including phenoxy) is 1. The van der Waals surface area contributed by atoms with Crippen molar-refractivity contribution in [3.63, 3.8) is 0 Å². The highest BCUT2D eigenvalue weighted by Gasteiger charge is 2.18. The molecule has 0 aromatic heterocycles. The molecule has 78 valence electrons. The van der Waals surface area contributed by atoms with Gasteiger partial charge in [0, 0.05) is 6.42 Å². The quantitative estimate of drug-likeness (QED) is 0.660. The van der Waals surface area contributed by atoms with Crippen molar-refractivity contribution < 1.29 is 4.74 Å². The first-order valence-corrected chi connectivity index (χ1v) is 5.93. The Hall–Kier alpha value is -0.720. The van der Waals surface area contributed by atoms with Crippen molar-refractivity contribution in [2.75, 3.05) is 6.61 Å². The third-order valence-electron chi connectivity index (χ3n) is 3.28. The van der Waals surface area contributed by atoms with E-state index in [4.69, 9.17) is 4.74 Å². The van der Waals surface area contributed by atoms with Gasteiger partial charge in [0.2, 0.25) is 0 Å². The van der Waals surface area contributed by atoms with Gasteiger partial charge in [-0.25, -0.2) is 0 Å². The maximum atomic E-state index is 5.58. The van der Waals surface area contributed by atoms with E-state index in [0.29, 0.717) is 0 Å². The standard InChI is InChI=1S/C13H20O/c1-2-3-4-11-5-7-12-9-10-14-13(12)8-6-11/h6,8,11H,2-5,7,9-10H2,1H3. The molecule has 2 aliphatic rings. The van der Waals surface area contributed by atoms with Gasteiger partial charge >= 0.3 is 0 Å². The summed E-state index contributed by atoms with van der Waals surface area (Å²) in [6.45, 7) is 3.18. The average molecular weight is 192 g/mol. The maximum absolute atomic E-state index is 5.58. The molecule has 1 aliphatic heterocycles. The highest BCUT2D eigenvalue weighted by molar-refractivity contribution is 5.26. The van der Waals surface area contributed by atoms with Crippen molar-refractivity contribution >= 4 is 0 Å². The van der Waals surface area contributed by atoms with Gasteiger partial charge in [0.15, 0.2) is 0 Å². The van der Waals surface area contributed by atoms with Gasteiger partial charge in [-0.15, -0.1) is 0 Å². The Morgan fingerprint density at radius 2 is 2.36 bits per heavy atom. The lowest BCUT2D eigenvalue weighted by molar-refractivity contribution is 0.257. The summed E-state index contributed by atoms with van der Waals surface area (Å²) in [6, 6.07) is 0. The molecule has 0 N–H and O–H groups in total. The van der Waals surface area contributed by atoms with Gasteiger partial charge in [-0.1, -0.05) is 25.8 Å². The van der Waals surface area contributed by atoms with Gasteiger partial charge in [-0.2, -0.15) is 0 Å². The summed E-state index contributed by atoms with van der Waals surface area (Å²) >= 11 is 0. The van der Waals surface area contributed by atoms with Gasteiger partial charge in [-0.05, 0) is 36.8 Å². The van der Waals surface area contributed by atoms with Crippen molar-refractivity contribution in [3.05, 3.63) is 23.5 Å². The molecule has 0 fully saturated rings. The van der Waals surface area contributed by atoms with Gasteiger partial charge in [0.25, 0.3) is 0 Å². The summed E-state index contributed by atoms with van der Waals surface area (Å²) in [6.07, 6.45) is 12.4. The van der Waals surface area contributed by atoms with Crippen LogP contribution in [0.1, 0.15) is 45.4 Å². The maximum Gasteiger partial charge on any atom is 0.118 e. The molecule has 1 heteroatoms. The lowest BCUT2D eigenvalue weighted by atomic mass is 9.95. The fourth-order valence-electron chi connectivity index (χ4n) is 2.31. The normalized spacial score (nSPS) is 25.9. The number of rotatable bonds is 3. The summed E-state index contributed by atoms with van der Waals surface area (Å²) < 4.78 is 5.58. The Morgan fingerprint density at radius 3 is 3.21 bits per heavy atom. The van der Waals surface area contributed by atoms with Crippen molar-refractivity contribution in [2.45, 2.75) is 45.4 Å². The van der Waals surface area contributed by atoms with Crippen molar-refractivity contribution in [1.29, 1.82) is 0 Å². The van der Waals surface area contributed by atoms with Crippen LogP contribution in [0.5, 0.6) is 0 Å². The molecule has 0 spiro atoms. The number of hydrogen-bond acceptors (Lipinski definition) is 1. The van der Waals surface area contributed by atoms with E-state index in [0.717, 1.165) is 12.5 Å². The predicted molar refractivity (Wildman–Crippen MR) is 59.0 cm³/mol. The molecule has 1 aliphatic carbocycles. The summed E-state index contributed by atoms with van der Waals surface area (Å²) in [7, 11) is 0. The van der Waals surface area contributed by atoms with E-state index in [1.807, 2.05) is 0 Å². The Balaban J connectivity index is 1.91. The molecule has 0 aromatic carbocycles. The summed E-state index contributed by atoms with van der Waals surface area (Å²) in [5.74, 6) is 1.98. The second-order valence-electron chi connectivity index (χ2n) is 4.37. The average Bonchev–Trinajstić information content (AvgIpc) is 2.57. The predicted octanol–water partition coefficient (Wildman–Crippen LogP) is 3.82. The number of unbranched alkanes of at least 4 members (excludes halogenated alkanes) is 1. The van der Waals surface area contributed by atoms with Crippen molar-refractivity contribution in [2.24, 2.45) is 5.92 Å². The van der Waals surface area contributed by atoms with Crippen LogP contribution in [0.3, 0.4) is 0 Å². The molecule has 1 atom stereocenters. The minimum Gasteiger partial charge on any atom is -0.493 e. The fraction of sp³-hybridized carbons (Fsp3) is 0.692. The van der Waals surface area contributed by atoms with Gasteiger partial charge in [-0.3, -0.25) is 0 Å². The summed E-state index contributed by atoms with van der Waals surface area (Å²) in [5.41, 5.74) is 1.56. The van der Waals surface area contributed by atoms with Crippen LogP contribution in [0.15, 0.2) is 23.5 Å². The van der Waals surface area contributed by atoms with E-state index in [1.54, 1.807) is 5.57 Å². The third kappa shape index (κ3) is 2.20. The minimum absolute atomic E-state index is 0.796. The lowest BCUT2D eigenvalue weighted by Gasteiger charge is -2.10. The molecule has 1 heterocycles. The van der Waals surface area contributed by atoms with Crippen LogP contribution < -0.4 is 0 Å². The molecule has 0 bridgehead atoms. The third-order valence-corrected chi connectivity index (χ3v) is 3.28. The monoisotopic (exact) mass is 192 g/mol. The van der Waals surface area contributed by atoms with Crippen LogP contribution in [0.25, 0.3) is 0 Å². The second kappa shape index (κ2) is 4.68. The molecule has 0 radical (unpaired) electrons. The molecule has 2 rings (SSSR count). The van der Waals surface area contributed by atoms with E-state index in [1.165, 1.54) is 44.3 Å². The molecule has 1 unspecified atom stereocenters. The zero-order valence-electron chi connectivity index (χ0n) is 9.09. The molecule has 0 aromatic rings. The zero-order chi connectivity index (χ0) is 9.80. The van der Waals surface area contributed by atoms with Crippen molar-refractivity contribution in [3.8, 4) is 0 Å². The summed E-state index contributed by atoms with van der Waals surface area (Å²) in [4.78, 5) is 0. The van der Waals surface area contributed by atoms with E-state index in [-0.39, 0.29) is 0 Å². The topological polar surface area (TPSA) is 9.23 Å². The fourth-order valence-corrected chi connectivity index (χ4v) is 2.31. The SMILES string of the molecule is CCCCC1C=CC2=C(CCO2)CC1. The van der Waals surface area contributed by atoms with Crippen LogP contribution in [0.4, 0.5) is 0 Å². The molecule has 14 heavy (non-hydrogen) atoms. The second-order valence-corrected chi connectivity index (χ2v) is 4.37. The molecular weight excluding hydrogens is 172 g/mol. The first-order chi connectivity index (χ1) is 6.90. The Kier molecular flexibility index (Phi) is 3.28. The smallest absolute Gasteiger partial charge is 0.118 e. The summed E-state index contributed by atoms with van der Waals surface area (Å²) in [5, 5.41) is 0. The highest BCUT2D eigenvalue weighted by Crippen LogP contribution is 2.31. The first-order valence-electron chi connectivity index (χ1n) is 5.93. The Morgan fingerprint density at radius 1 is 1.43 bits per heavy atom. The number of allylic oxidation sites excluding steroid dienone is 2. The van der Waals surface area contributed by atoms with E-state index < -0.39 is 0 Å². The molecule has 0 saturated heterocycles. The number of hydrogen-bond donors (Lipinski definition) is 0. The van der Waals surface area contributed by atoms with Crippen LogP contribution >= 0.6 is 0 Å². The molecule has 0 saturated carbocycles. The molecule has 0 amide bonds. The van der Waals surface area contributed by atoms with Crippen LogP contribution in [0, 0.1) is 5.92 Å². The zero-order valence-corrected chi connectivity index (χ0v) is 9.09. The molecule has 1 nitrogen and oxygen atoms in total. The van der Waals surface area contributed by atoms with Crippen LogP contribution in [0.2, 0.25) is 0 Å². The Bertz CT molecular complexity index is 250. The highest BCUT2D eigenvalue weighted by atomic mass is 16.5. The molecular formula is C13H20O. The first kappa shape index (κ1) is 9.82. The minimum atomic E-state index is 0.796. The lowest BCUT2D eigenvalue weighted by Crippen LogP contribution is -1.96. The van der Waals surface area contributed by atoms with Gasteiger partial charge < -0.3 is 4.74 Å².